The summed E-state index contributed by atoms with van der Waals surface area (Å²) in [5.74, 6) is 1.24. The number of hydrogen-bond donors (Lipinski definition) is 1. The fourth-order valence-electron chi connectivity index (χ4n) is 2.29. The number of aliphatic hydroxyl groups excluding tert-OH is 1. The van der Waals surface area contributed by atoms with Crippen LogP contribution in [0, 0.1) is 0 Å². The number of rotatable bonds is 3. The molecule has 0 aromatic heterocycles. The highest BCUT2D eigenvalue weighted by Crippen LogP contribution is 2.38. The molecule has 2 aromatic rings. The van der Waals surface area contributed by atoms with Crippen LogP contribution in [0.2, 0.25) is 10.0 Å². The van der Waals surface area contributed by atoms with E-state index in [1.807, 2.05) is 12.1 Å². The van der Waals surface area contributed by atoms with Crippen LogP contribution in [0.1, 0.15) is 17.2 Å². The van der Waals surface area contributed by atoms with Crippen molar-refractivity contribution in [2.75, 3.05) is 13.2 Å². The molecule has 21 heavy (non-hydrogen) atoms. The molecular formula is C16H14Cl2O3. The molecule has 110 valence electrons. The Morgan fingerprint density at radius 3 is 2.29 bits per heavy atom. The first-order chi connectivity index (χ1) is 10.1. The van der Waals surface area contributed by atoms with Crippen LogP contribution in [0.15, 0.2) is 36.4 Å². The van der Waals surface area contributed by atoms with E-state index in [0.29, 0.717) is 46.7 Å². The van der Waals surface area contributed by atoms with Gasteiger partial charge in [0.15, 0.2) is 11.5 Å². The molecule has 0 radical (unpaired) electrons. The average molecular weight is 325 g/mol. The maximum atomic E-state index is 10.4. The van der Waals surface area contributed by atoms with Gasteiger partial charge in [-0.05, 0) is 23.8 Å². The van der Waals surface area contributed by atoms with E-state index in [-0.39, 0.29) is 0 Å². The molecule has 0 bridgehead atoms. The van der Waals surface area contributed by atoms with Crippen molar-refractivity contribution in [1.82, 2.24) is 0 Å². The van der Waals surface area contributed by atoms with E-state index in [1.165, 1.54) is 0 Å². The lowest BCUT2D eigenvalue weighted by Crippen LogP contribution is -2.16. The summed E-state index contributed by atoms with van der Waals surface area (Å²) < 4.78 is 11.0. The topological polar surface area (TPSA) is 38.7 Å². The van der Waals surface area contributed by atoms with Crippen molar-refractivity contribution in [2.24, 2.45) is 0 Å². The zero-order valence-corrected chi connectivity index (χ0v) is 12.7. The SMILES string of the molecule is OC(Cc1ccc(Cl)cc1)c1cc2c(cc1Cl)OCCO2. The first-order valence-corrected chi connectivity index (χ1v) is 7.40. The lowest BCUT2D eigenvalue weighted by molar-refractivity contribution is 0.164. The molecule has 1 aliphatic rings. The van der Waals surface area contributed by atoms with Gasteiger partial charge in [-0.1, -0.05) is 35.3 Å². The molecule has 2 aromatic carbocycles. The van der Waals surface area contributed by atoms with E-state index >= 15 is 0 Å². The van der Waals surface area contributed by atoms with Gasteiger partial charge >= 0.3 is 0 Å². The van der Waals surface area contributed by atoms with Gasteiger partial charge in [-0.15, -0.1) is 0 Å². The molecule has 0 amide bonds. The number of aliphatic hydroxyl groups is 1. The van der Waals surface area contributed by atoms with Crippen molar-refractivity contribution in [3.8, 4) is 11.5 Å². The fourth-order valence-corrected chi connectivity index (χ4v) is 2.69. The minimum atomic E-state index is -0.713. The van der Waals surface area contributed by atoms with Crippen molar-refractivity contribution in [3.63, 3.8) is 0 Å². The monoisotopic (exact) mass is 324 g/mol. The number of halogens is 2. The molecule has 0 spiro atoms. The van der Waals surface area contributed by atoms with Crippen molar-refractivity contribution >= 4 is 23.2 Å². The second-order valence-corrected chi connectivity index (χ2v) is 5.71. The summed E-state index contributed by atoms with van der Waals surface area (Å²) in [4.78, 5) is 0. The quantitative estimate of drug-likeness (QED) is 0.926. The fraction of sp³-hybridized carbons (Fsp3) is 0.250. The van der Waals surface area contributed by atoms with Gasteiger partial charge in [0.2, 0.25) is 0 Å². The Morgan fingerprint density at radius 1 is 1.00 bits per heavy atom. The summed E-state index contributed by atoms with van der Waals surface area (Å²) in [6.07, 6.45) is -0.259. The number of benzene rings is 2. The van der Waals surface area contributed by atoms with Gasteiger partial charge in [0.25, 0.3) is 0 Å². The summed E-state index contributed by atoms with van der Waals surface area (Å²) in [6, 6.07) is 10.8. The second kappa shape index (κ2) is 6.14. The van der Waals surface area contributed by atoms with Gasteiger partial charge < -0.3 is 14.6 Å². The van der Waals surface area contributed by atoms with Gasteiger partial charge in [-0.25, -0.2) is 0 Å². The number of fused-ring (bicyclic) bond motifs is 1. The van der Waals surface area contributed by atoms with Gasteiger partial charge in [0.1, 0.15) is 13.2 Å². The molecule has 0 aliphatic carbocycles. The lowest BCUT2D eigenvalue weighted by atomic mass is 10.0. The third kappa shape index (κ3) is 3.26. The number of ether oxygens (including phenoxy) is 2. The molecular weight excluding hydrogens is 311 g/mol. The molecule has 0 saturated heterocycles. The van der Waals surface area contributed by atoms with Crippen molar-refractivity contribution in [1.29, 1.82) is 0 Å². The summed E-state index contributed by atoms with van der Waals surface area (Å²) in [7, 11) is 0. The normalized spacial score (nSPS) is 14.8. The van der Waals surface area contributed by atoms with E-state index in [0.717, 1.165) is 5.56 Å². The average Bonchev–Trinajstić information content (AvgIpc) is 2.49. The van der Waals surface area contributed by atoms with Crippen molar-refractivity contribution in [3.05, 3.63) is 57.6 Å². The molecule has 1 aliphatic heterocycles. The minimum Gasteiger partial charge on any atom is -0.486 e. The van der Waals surface area contributed by atoms with E-state index in [2.05, 4.69) is 0 Å². The van der Waals surface area contributed by atoms with E-state index in [9.17, 15) is 5.11 Å². The van der Waals surface area contributed by atoms with Gasteiger partial charge in [-0.2, -0.15) is 0 Å². The molecule has 5 heteroatoms. The Kier molecular flexibility index (Phi) is 4.24. The van der Waals surface area contributed by atoms with Crippen LogP contribution in [0.25, 0.3) is 0 Å². The molecule has 1 atom stereocenters. The summed E-state index contributed by atoms with van der Waals surface area (Å²) >= 11 is 12.1. The minimum absolute atomic E-state index is 0.455. The second-order valence-electron chi connectivity index (χ2n) is 4.86. The van der Waals surface area contributed by atoms with Crippen LogP contribution >= 0.6 is 23.2 Å². The zero-order chi connectivity index (χ0) is 14.8. The van der Waals surface area contributed by atoms with Gasteiger partial charge in [0, 0.05) is 23.1 Å². The lowest BCUT2D eigenvalue weighted by Gasteiger charge is -2.21. The van der Waals surface area contributed by atoms with Crippen LogP contribution < -0.4 is 9.47 Å². The van der Waals surface area contributed by atoms with Crippen LogP contribution in [0.4, 0.5) is 0 Å². The van der Waals surface area contributed by atoms with Crippen LogP contribution in [-0.4, -0.2) is 18.3 Å². The zero-order valence-electron chi connectivity index (χ0n) is 11.2. The number of hydrogen-bond acceptors (Lipinski definition) is 3. The molecule has 3 rings (SSSR count). The highest BCUT2D eigenvalue weighted by atomic mass is 35.5. The van der Waals surface area contributed by atoms with E-state index in [4.69, 9.17) is 32.7 Å². The smallest absolute Gasteiger partial charge is 0.162 e. The largest absolute Gasteiger partial charge is 0.486 e. The highest BCUT2D eigenvalue weighted by Gasteiger charge is 2.19. The molecule has 0 fully saturated rings. The Morgan fingerprint density at radius 2 is 1.62 bits per heavy atom. The third-order valence-corrected chi connectivity index (χ3v) is 3.94. The van der Waals surface area contributed by atoms with Gasteiger partial charge in [-0.3, -0.25) is 0 Å². The standard InChI is InChI=1S/C16H14Cl2O3/c17-11-3-1-10(2-4-11)7-14(19)12-8-15-16(9-13(12)18)21-6-5-20-15/h1-4,8-9,14,19H,5-7H2. The van der Waals surface area contributed by atoms with Gasteiger partial charge in [0.05, 0.1) is 11.1 Å². The van der Waals surface area contributed by atoms with Crippen molar-refractivity contribution in [2.45, 2.75) is 12.5 Å². The Hall–Kier alpha value is -1.42. The maximum absolute atomic E-state index is 10.4. The molecule has 1 N–H and O–H groups in total. The Bertz CT molecular complexity index is 641. The van der Waals surface area contributed by atoms with E-state index in [1.54, 1.807) is 24.3 Å². The molecule has 1 unspecified atom stereocenters. The predicted molar refractivity (Wildman–Crippen MR) is 82.6 cm³/mol. The first-order valence-electron chi connectivity index (χ1n) is 6.65. The summed E-state index contributed by atoms with van der Waals surface area (Å²) in [5.41, 5.74) is 1.62. The summed E-state index contributed by atoms with van der Waals surface area (Å²) in [6.45, 7) is 1.01. The molecule has 0 saturated carbocycles. The van der Waals surface area contributed by atoms with Crippen LogP contribution in [0.5, 0.6) is 11.5 Å². The third-order valence-electron chi connectivity index (χ3n) is 3.36. The van der Waals surface area contributed by atoms with Crippen LogP contribution in [0.3, 0.4) is 0 Å². The van der Waals surface area contributed by atoms with Crippen molar-refractivity contribution < 1.29 is 14.6 Å². The Balaban J connectivity index is 1.83. The Labute approximate surface area is 133 Å². The predicted octanol–water partition coefficient (Wildman–Crippen LogP) is 4.04. The van der Waals surface area contributed by atoms with Crippen LogP contribution in [-0.2, 0) is 6.42 Å². The molecule has 1 heterocycles. The first kappa shape index (κ1) is 14.5. The highest BCUT2D eigenvalue weighted by molar-refractivity contribution is 6.31. The summed E-state index contributed by atoms with van der Waals surface area (Å²) in [5, 5.41) is 11.6. The molecule has 3 nitrogen and oxygen atoms in total. The van der Waals surface area contributed by atoms with E-state index < -0.39 is 6.10 Å². The maximum Gasteiger partial charge on any atom is 0.162 e.